The maximum Gasteiger partial charge on any atom is 0.200 e. The number of aromatic hydroxyl groups is 2. The summed E-state index contributed by atoms with van der Waals surface area (Å²) in [5.74, 6) is 2.61. The molecule has 6 heteroatoms. The van der Waals surface area contributed by atoms with Crippen molar-refractivity contribution in [2.24, 2.45) is 5.92 Å². The monoisotopic (exact) mass is 664 g/mol. The highest BCUT2D eigenvalue weighted by molar-refractivity contribution is 6.12. The molecule has 1 fully saturated rings. The number of phenolic OH excluding ortho intramolecular Hbond substituents is 2. The highest BCUT2D eigenvalue weighted by Gasteiger charge is 2.22. The summed E-state index contributed by atoms with van der Waals surface area (Å²) in [7, 11) is 1.48. The fraction of sp³-hybridized carbons (Fsp3) is 0.419. The first-order valence-electron chi connectivity index (χ1n) is 18.2. The highest BCUT2D eigenvalue weighted by Crippen LogP contribution is 2.38. The van der Waals surface area contributed by atoms with E-state index >= 15 is 0 Å². The van der Waals surface area contributed by atoms with Gasteiger partial charge in [-0.3, -0.25) is 4.79 Å². The van der Waals surface area contributed by atoms with E-state index in [1.54, 1.807) is 12.1 Å². The van der Waals surface area contributed by atoms with E-state index in [9.17, 15) is 15.0 Å². The van der Waals surface area contributed by atoms with Gasteiger partial charge < -0.3 is 24.4 Å². The molecule has 5 rings (SSSR count). The molecule has 0 atom stereocenters. The molecule has 0 saturated heterocycles. The summed E-state index contributed by atoms with van der Waals surface area (Å²) in [6.07, 6.45) is 14.8. The number of hydrogen-bond donors (Lipinski definition) is 2. The van der Waals surface area contributed by atoms with Gasteiger partial charge in [0.2, 0.25) is 0 Å². The molecular weight excluding hydrogens is 612 g/mol. The third-order valence-corrected chi connectivity index (χ3v) is 9.87. The number of ether oxygens (including phenoxy) is 3. The van der Waals surface area contributed by atoms with Crippen LogP contribution < -0.4 is 14.2 Å². The largest absolute Gasteiger partial charge is 0.507 e. The Morgan fingerprint density at radius 1 is 0.633 bits per heavy atom. The van der Waals surface area contributed by atoms with Gasteiger partial charge in [0.1, 0.15) is 28.7 Å². The van der Waals surface area contributed by atoms with Gasteiger partial charge in [-0.2, -0.15) is 0 Å². The Hall–Kier alpha value is -4.45. The average Bonchev–Trinajstić information content (AvgIpc) is 3.13. The van der Waals surface area contributed by atoms with Crippen molar-refractivity contribution in [1.29, 1.82) is 0 Å². The predicted octanol–water partition coefficient (Wildman–Crippen LogP) is 10.9. The van der Waals surface area contributed by atoms with Gasteiger partial charge in [0, 0.05) is 12.1 Å². The molecule has 6 nitrogen and oxygen atoms in total. The molecule has 0 aromatic heterocycles. The van der Waals surface area contributed by atoms with E-state index in [1.807, 2.05) is 0 Å². The number of ketones is 1. The van der Waals surface area contributed by atoms with Crippen molar-refractivity contribution in [2.45, 2.75) is 89.9 Å². The zero-order chi connectivity index (χ0) is 34.4. The summed E-state index contributed by atoms with van der Waals surface area (Å²) < 4.78 is 16.9. The van der Waals surface area contributed by atoms with E-state index < -0.39 is 5.78 Å². The molecule has 0 heterocycles. The van der Waals surface area contributed by atoms with Gasteiger partial charge in [-0.05, 0) is 116 Å². The number of carbonyl (C=O) groups excluding carboxylic acids is 1. The molecule has 1 saturated carbocycles. The zero-order valence-corrected chi connectivity index (χ0v) is 29.2. The fourth-order valence-corrected chi connectivity index (χ4v) is 6.87. The molecule has 0 bridgehead atoms. The Bertz CT molecular complexity index is 1600. The van der Waals surface area contributed by atoms with Crippen LogP contribution in [0.25, 0.3) is 11.1 Å². The third-order valence-electron chi connectivity index (χ3n) is 9.87. The first-order valence-corrected chi connectivity index (χ1v) is 18.2. The number of rotatable bonds is 18. The lowest BCUT2D eigenvalue weighted by Crippen LogP contribution is -2.13. The van der Waals surface area contributed by atoms with Crippen LogP contribution in [0.1, 0.15) is 111 Å². The highest BCUT2D eigenvalue weighted by atomic mass is 16.5. The molecule has 260 valence electrons. The Kier molecular flexibility index (Phi) is 13.4. The Morgan fingerprint density at radius 2 is 1.16 bits per heavy atom. The fourth-order valence-electron chi connectivity index (χ4n) is 6.87. The summed E-state index contributed by atoms with van der Waals surface area (Å²) >= 11 is 0. The summed E-state index contributed by atoms with van der Waals surface area (Å²) in [6.45, 7) is 3.47. The van der Waals surface area contributed by atoms with Crippen LogP contribution in [0.15, 0.2) is 84.9 Å². The second kappa shape index (κ2) is 18.4. The van der Waals surface area contributed by atoms with Crippen LogP contribution >= 0.6 is 0 Å². The van der Waals surface area contributed by atoms with Gasteiger partial charge in [0.25, 0.3) is 0 Å². The van der Waals surface area contributed by atoms with Crippen molar-refractivity contribution in [1.82, 2.24) is 0 Å². The number of hydrogen-bond acceptors (Lipinski definition) is 6. The van der Waals surface area contributed by atoms with Crippen LogP contribution in [0.5, 0.6) is 28.7 Å². The molecule has 0 aliphatic heterocycles. The van der Waals surface area contributed by atoms with Crippen LogP contribution in [-0.2, 0) is 0 Å². The molecule has 0 amide bonds. The SMILES string of the molecule is CCCCCC1CCC(c2ccc(-c3ccc(OCCCCCCOc4ccc(C(=O)c5ccc(OC)cc5O)c(O)c4)cc3)cc2)CC1. The third kappa shape index (κ3) is 10.3. The van der Waals surface area contributed by atoms with E-state index in [1.165, 1.54) is 99.4 Å². The van der Waals surface area contributed by atoms with E-state index in [0.717, 1.165) is 37.4 Å². The van der Waals surface area contributed by atoms with Crippen LogP contribution in [-0.4, -0.2) is 36.3 Å². The molecular formula is C43H52O6. The van der Waals surface area contributed by atoms with Crippen molar-refractivity contribution >= 4 is 5.78 Å². The Morgan fingerprint density at radius 3 is 1.73 bits per heavy atom. The minimum absolute atomic E-state index is 0.0895. The predicted molar refractivity (Wildman–Crippen MR) is 196 cm³/mol. The Balaban J connectivity index is 0.959. The van der Waals surface area contributed by atoms with Gasteiger partial charge in [0.15, 0.2) is 5.78 Å². The molecule has 0 radical (unpaired) electrons. The average molecular weight is 665 g/mol. The molecule has 0 unspecified atom stereocenters. The number of carbonyl (C=O) groups is 1. The van der Waals surface area contributed by atoms with Gasteiger partial charge >= 0.3 is 0 Å². The van der Waals surface area contributed by atoms with E-state index in [-0.39, 0.29) is 22.6 Å². The molecule has 0 spiro atoms. The number of methoxy groups -OCH3 is 1. The molecule has 1 aliphatic carbocycles. The van der Waals surface area contributed by atoms with E-state index in [0.29, 0.717) is 30.6 Å². The maximum absolute atomic E-state index is 12.8. The number of benzene rings is 4. The summed E-state index contributed by atoms with van der Waals surface area (Å²) in [5.41, 5.74) is 4.14. The van der Waals surface area contributed by atoms with Gasteiger partial charge in [-0.15, -0.1) is 0 Å². The molecule has 4 aromatic rings. The van der Waals surface area contributed by atoms with Crippen molar-refractivity contribution in [3.8, 4) is 39.9 Å². The van der Waals surface area contributed by atoms with E-state index in [4.69, 9.17) is 14.2 Å². The standard InChI is InChI=1S/C43H52O6/c1-3-4-7-10-31-11-13-32(14-12-31)33-15-17-34(18-16-33)35-19-21-36(22-20-35)48-27-8-5-6-9-28-49-38-24-26-40(42(45)30-38)43(46)39-25-23-37(47-2)29-41(39)44/h15-26,29-32,44-45H,3-14,27-28H2,1-2H3. The summed E-state index contributed by atoms with van der Waals surface area (Å²) in [4.78, 5) is 12.8. The van der Waals surface area contributed by atoms with Crippen LogP contribution in [0.3, 0.4) is 0 Å². The summed E-state index contributed by atoms with van der Waals surface area (Å²) in [5, 5.41) is 20.6. The van der Waals surface area contributed by atoms with E-state index in [2.05, 4.69) is 55.5 Å². The van der Waals surface area contributed by atoms with Gasteiger partial charge in [-0.1, -0.05) is 69.0 Å². The van der Waals surface area contributed by atoms with Crippen LogP contribution in [0.2, 0.25) is 0 Å². The molecule has 2 N–H and O–H groups in total. The number of phenols is 2. The molecule has 1 aliphatic rings. The van der Waals surface area contributed by atoms with Crippen molar-refractivity contribution in [2.75, 3.05) is 20.3 Å². The minimum atomic E-state index is -0.479. The quantitative estimate of drug-likeness (QED) is 0.0813. The van der Waals surface area contributed by atoms with Crippen molar-refractivity contribution in [3.05, 3.63) is 102 Å². The van der Waals surface area contributed by atoms with Gasteiger partial charge in [0.05, 0.1) is 31.5 Å². The molecule has 49 heavy (non-hydrogen) atoms. The van der Waals surface area contributed by atoms with Gasteiger partial charge in [-0.25, -0.2) is 0 Å². The lowest BCUT2D eigenvalue weighted by molar-refractivity contribution is 0.103. The molecule has 4 aromatic carbocycles. The second-order valence-corrected chi connectivity index (χ2v) is 13.4. The van der Waals surface area contributed by atoms with Crippen LogP contribution in [0, 0.1) is 5.92 Å². The Labute approximate surface area is 292 Å². The number of unbranched alkanes of at least 4 members (excludes halogenated alkanes) is 5. The lowest BCUT2D eigenvalue weighted by Gasteiger charge is -2.29. The maximum atomic E-state index is 12.8. The second-order valence-electron chi connectivity index (χ2n) is 13.4. The summed E-state index contributed by atoms with van der Waals surface area (Å²) in [6, 6.07) is 26.7. The zero-order valence-electron chi connectivity index (χ0n) is 29.2. The smallest absolute Gasteiger partial charge is 0.200 e. The topological polar surface area (TPSA) is 85.2 Å². The normalized spacial score (nSPS) is 15.9. The van der Waals surface area contributed by atoms with Crippen molar-refractivity contribution < 1.29 is 29.2 Å². The first kappa shape index (κ1) is 35.8. The first-order chi connectivity index (χ1) is 23.9. The minimum Gasteiger partial charge on any atom is -0.507 e. The lowest BCUT2D eigenvalue weighted by atomic mass is 9.77. The van der Waals surface area contributed by atoms with Crippen molar-refractivity contribution in [3.63, 3.8) is 0 Å². The van der Waals surface area contributed by atoms with Crippen LogP contribution in [0.4, 0.5) is 0 Å².